The molecule has 0 bridgehead atoms. The maximum absolute atomic E-state index is 13.9. The minimum absolute atomic E-state index is 0.293. The molecule has 0 spiro atoms. The van der Waals surface area contributed by atoms with Crippen LogP contribution in [0.5, 0.6) is 0 Å². The van der Waals surface area contributed by atoms with E-state index in [0.717, 1.165) is 39.1 Å². The first kappa shape index (κ1) is 14.8. The van der Waals surface area contributed by atoms with E-state index in [4.69, 9.17) is 5.11 Å². The Morgan fingerprint density at radius 3 is 2.78 bits per heavy atom. The summed E-state index contributed by atoms with van der Waals surface area (Å²) in [5.74, 6) is 0.313. The maximum atomic E-state index is 13.9. The highest BCUT2D eigenvalue weighted by atomic mass is 79.9. The quantitative estimate of drug-likeness (QED) is 0.752. The SMILES string of the molecule is OCc1ccc(-c2ccc3c(nnn3CC3CC3)c2Br)cc1F. The lowest BCUT2D eigenvalue weighted by atomic mass is 10.0. The summed E-state index contributed by atoms with van der Waals surface area (Å²) in [7, 11) is 0. The standard InChI is InChI=1S/C17H15BrFN3O/c18-16-13(11-3-4-12(9-23)14(19)7-11)5-6-15-17(16)20-21-22(15)8-10-1-2-10/h3-7,10,23H,1-2,8-9H2. The summed E-state index contributed by atoms with van der Waals surface area (Å²) in [4.78, 5) is 0. The Hall–Kier alpha value is -1.79. The average molecular weight is 376 g/mol. The molecular weight excluding hydrogens is 361 g/mol. The zero-order valence-corrected chi connectivity index (χ0v) is 13.9. The molecule has 1 aliphatic rings. The van der Waals surface area contributed by atoms with Crippen LogP contribution in [0.3, 0.4) is 0 Å². The van der Waals surface area contributed by atoms with Gasteiger partial charge in [-0.25, -0.2) is 9.07 Å². The summed E-state index contributed by atoms with van der Waals surface area (Å²) < 4.78 is 16.7. The van der Waals surface area contributed by atoms with E-state index in [1.165, 1.54) is 18.9 Å². The molecule has 1 saturated carbocycles. The largest absolute Gasteiger partial charge is 0.392 e. The number of aliphatic hydroxyl groups excluding tert-OH is 1. The zero-order valence-electron chi connectivity index (χ0n) is 12.3. The molecule has 23 heavy (non-hydrogen) atoms. The fraction of sp³-hybridized carbons (Fsp3) is 0.294. The summed E-state index contributed by atoms with van der Waals surface area (Å²) in [6, 6.07) is 8.77. The summed E-state index contributed by atoms with van der Waals surface area (Å²) in [6.07, 6.45) is 2.52. The molecule has 4 rings (SSSR count). The first-order valence-corrected chi connectivity index (χ1v) is 8.38. The Morgan fingerprint density at radius 2 is 2.09 bits per heavy atom. The fourth-order valence-corrected chi connectivity index (χ4v) is 3.39. The van der Waals surface area contributed by atoms with Crippen molar-refractivity contribution in [2.45, 2.75) is 26.0 Å². The lowest BCUT2D eigenvalue weighted by Gasteiger charge is -2.08. The summed E-state index contributed by atoms with van der Waals surface area (Å²) in [5, 5.41) is 17.6. The molecule has 3 aromatic rings. The Morgan fingerprint density at radius 1 is 1.26 bits per heavy atom. The van der Waals surface area contributed by atoms with Crippen molar-refractivity contribution in [1.29, 1.82) is 0 Å². The Kier molecular flexibility index (Phi) is 3.66. The highest BCUT2D eigenvalue weighted by Crippen LogP contribution is 2.36. The van der Waals surface area contributed by atoms with Gasteiger partial charge in [-0.2, -0.15) is 0 Å². The van der Waals surface area contributed by atoms with E-state index in [1.54, 1.807) is 12.1 Å². The number of aliphatic hydroxyl groups is 1. The molecule has 0 atom stereocenters. The van der Waals surface area contributed by atoms with E-state index in [2.05, 4.69) is 26.2 Å². The van der Waals surface area contributed by atoms with Crippen molar-refractivity contribution in [3.05, 3.63) is 46.2 Å². The van der Waals surface area contributed by atoms with Gasteiger partial charge < -0.3 is 5.11 Å². The number of fused-ring (bicyclic) bond motifs is 1. The number of aromatic nitrogens is 3. The molecule has 0 aliphatic heterocycles. The molecule has 4 nitrogen and oxygen atoms in total. The maximum Gasteiger partial charge on any atom is 0.129 e. The highest BCUT2D eigenvalue weighted by Gasteiger charge is 2.23. The second kappa shape index (κ2) is 5.69. The van der Waals surface area contributed by atoms with Crippen LogP contribution in [0.2, 0.25) is 0 Å². The molecule has 1 heterocycles. The molecule has 0 saturated heterocycles. The monoisotopic (exact) mass is 375 g/mol. The van der Waals surface area contributed by atoms with Gasteiger partial charge in [0.25, 0.3) is 0 Å². The van der Waals surface area contributed by atoms with Crippen LogP contribution in [-0.4, -0.2) is 20.1 Å². The van der Waals surface area contributed by atoms with Crippen molar-refractivity contribution < 1.29 is 9.50 Å². The Balaban J connectivity index is 1.78. The van der Waals surface area contributed by atoms with Gasteiger partial charge in [-0.15, -0.1) is 5.10 Å². The predicted molar refractivity (Wildman–Crippen MR) is 89.3 cm³/mol. The van der Waals surface area contributed by atoms with Crippen LogP contribution in [0.15, 0.2) is 34.8 Å². The topological polar surface area (TPSA) is 50.9 Å². The number of nitrogens with zero attached hydrogens (tertiary/aromatic N) is 3. The molecule has 6 heteroatoms. The van der Waals surface area contributed by atoms with Crippen molar-refractivity contribution in [2.75, 3.05) is 0 Å². The van der Waals surface area contributed by atoms with Crippen molar-refractivity contribution in [1.82, 2.24) is 15.0 Å². The van der Waals surface area contributed by atoms with Gasteiger partial charge in [0.05, 0.1) is 16.6 Å². The number of halogens is 2. The van der Waals surface area contributed by atoms with Crippen LogP contribution in [0.25, 0.3) is 22.2 Å². The number of rotatable bonds is 4. The van der Waals surface area contributed by atoms with E-state index >= 15 is 0 Å². The van der Waals surface area contributed by atoms with Gasteiger partial charge in [-0.1, -0.05) is 23.4 Å². The van der Waals surface area contributed by atoms with Gasteiger partial charge in [-0.05, 0) is 57.9 Å². The van der Waals surface area contributed by atoms with Crippen LogP contribution in [0.1, 0.15) is 18.4 Å². The van der Waals surface area contributed by atoms with Gasteiger partial charge in [0.15, 0.2) is 0 Å². The minimum atomic E-state index is -0.408. The van der Waals surface area contributed by atoms with Gasteiger partial charge in [-0.3, -0.25) is 0 Å². The molecule has 0 unspecified atom stereocenters. The van der Waals surface area contributed by atoms with Gasteiger partial charge in [0.1, 0.15) is 11.3 Å². The van der Waals surface area contributed by atoms with Gasteiger partial charge >= 0.3 is 0 Å². The molecule has 0 radical (unpaired) electrons. The van der Waals surface area contributed by atoms with Crippen molar-refractivity contribution in [3.63, 3.8) is 0 Å². The van der Waals surface area contributed by atoms with Crippen molar-refractivity contribution >= 4 is 27.0 Å². The molecule has 1 aromatic heterocycles. The molecule has 2 aromatic carbocycles. The fourth-order valence-electron chi connectivity index (χ4n) is 2.75. The average Bonchev–Trinajstić information content (AvgIpc) is 3.27. The smallest absolute Gasteiger partial charge is 0.129 e. The van der Waals surface area contributed by atoms with Crippen LogP contribution in [0, 0.1) is 11.7 Å². The van der Waals surface area contributed by atoms with Gasteiger partial charge in [0.2, 0.25) is 0 Å². The third kappa shape index (κ3) is 2.66. The third-order valence-corrected chi connectivity index (χ3v) is 5.09. The molecule has 118 valence electrons. The zero-order chi connectivity index (χ0) is 16.0. The van der Waals surface area contributed by atoms with E-state index in [9.17, 15) is 4.39 Å². The number of hydrogen-bond donors (Lipinski definition) is 1. The lowest BCUT2D eigenvalue weighted by Crippen LogP contribution is -2.01. The Labute approximate surface area is 141 Å². The second-order valence-corrected chi connectivity index (χ2v) is 6.77. The summed E-state index contributed by atoms with van der Waals surface area (Å²) in [6.45, 7) is 0.601. The van der Waals surface area contributed by atoms with Crippen LogP contribution in [-0.2, 0) is 13.2 Å². The van der Waals surface area contributed by atoms with E-state index in [-0.39, 0.29) is 6.61 Å². The number of benzene rings is 2. The highest BCUT2D eigenvalue weighted by molar-refractivity contribution is 9.10. The molecule has 1 aliphatic carbocycles. The van der Waals surface area contributed by atoms with E-state index in [1.807, 2.05) is 16.8 Å². The Bertz CT molecular complexity index is 889. The second-order valence-electron chi connectivity index (χ2n) is 5.97. The van der Waals surface area contributed by atoms with E-state index < -0.39 is 5.82 Å². The normalized spacial score (nSPS) is 14.6. The van der Waals surface area contributed by atoms with Crippen LogP contribution in [0.4, 0.5) is 4.39 Å². The van der Waals surface area contributed by atoms with E-state index in [0.29, 0.717) is 5.56 Å². The lowest BCUT2D eigenvalue weighted by molar-refractivity contribution is 0.276. The molecule has 0 amide bonds. The van der Waals surface area contributed by atoms with Crippen molar-refractivity contribution in [2.24, 2.45) is 5.92 Å². The first-order valence-electron chi connectivity index (χ1n) is 7.58. The predicted octanol–water partition coefficient (Wildman–Crippen LogP) is 3.90. The molecule has 1 fully saturated rings. The first-order chi connectivity index (χ1) is 11.2. The van der Waals surface area contributed by atoms with Crippen LogP contribution >= 0.6 is 15.9 Å². The number of hydrogen-bond acceptors (Lipinski definition) is 3. The summed E-state index contributed by atoms with van der Waals surface area (Å²) >= 11 is 3.59. The van der Waals surface area contributed by atoms with Crippen molar-refractivity contribution in [3.8, 4) is 11.1 Å². The third-order valence-electron chi connectivity index (χ3n) is 4.29. The summed E-state index contributed by atoms with van der Waals surface area (Å²) in [5.41, 5.74) is 3.67. The van der Waals surface area contributed by atoms with Gasteiger partial charge in [0, 0.05) is 12.1 Å². The molecular formula is C17H15BrFN3O. The van der Waals surface area contributed by atoms with Crippen LogP contribution < -0.4 is 0 Å². The minimum Gasteiger partial charge on any atom is -0.392 e. The molecule has 1 N–H and O–H groups in total.